The largest absolute Gasteiger partial charge is 0.466 e. The summed E-state index contributed by atoms with van der Waals surface area (Å²) < 4.78 is 24.5. The van der Waals surface area contributed by atoms with Crippen LogP contribution < -0.4 is 5.32 Å². The predicted octanol–water partition coefficient (Wildman–Crippen LogP) is 3.05. The molecule has 0 unspecified atom stereocenters. The smallest absolute Gasteiger partial charge is 0.407 e. The maximum absolute atomic E-state index is 14.3. The molecule has 0 aliphatic carbocycles. The van der Waals surface area contributed by atoms with Crippen molar-refractivity contribution < 1.29 is 23.5 Å². The third kappa shape index (κ3) is 3.26. The van der Waals surface area contributed by atoms with E-state index in [1.54, 1.807) is 12.3 Å². The molecular formula is C20H16ClFN4O4S. The minimum absolute atomic E-state index is 0.0248. The number of amides is 1. The number of aromatic nitrogens is 1. The second-order valence-electron chi connectivity index (χ2n) is 7.46. The molecule has 0 bridgehead atoms. The first-order chi connectivity index (χ1) is 14.9. The first kappa shape index (κ1) is 20.0. The summed E-state index contributed by atoms with van der Waals surface area (Å²) in [7, 11) is 1.28. The van der Waals surface area contributed by atoms with E-state index in [9.17, 15) is 14.0 Å². The number of ether oxygens (including phenoxy) is 2. The van der Waals surface area contributed by atoms with E-state index in [0.29, 0.717) is 35.1 Å². The summed E-state index contributed by atoms with van der Waals surface area (Å²) in [6.45, 7) is 0.514. The number of carbonyl (C=O) groups is 2. The van der Waals surface area contributed by atoms with Crippen LogP contribution in [0.4, 0.5) is 9.18 Å². The summed E-state index contributed by atoms with van der Waals surface area (Å²) in [6.07, 6.45) is 1.48. The lowest BCUT2D eigenvalue weighted by Gasteiger charge is -2.31. The van der Waals surface area contributed by atoms with Crippen molar-refractivity contribution in [1.29, 1.82) is 0 Å². The Balaban J connectivity index is 1.70. The summed E-state index contributed by atoms with van der Waals surface area (Å²) in [5, 5.41) is 5.30. The maximum atomic E-state index is 14.3. The van der Waals surface area contributed by atoms with Gasteiger partial charge in [0, 0.05) is 23.7 Å². The third-order valence-corrected chi connectivity index (χ3v) is 6.59. The Labute approximate surface area is 185 Å². The van der Waals surface area contributed by atoms with Crippen LogP contribution in [-0.4, -0.2) is 53.6 Å². The summed E-state index contributed by atoms with van der Waals surface area (Å²) in [5.41, 5.74) is 0.668. The summed E-state index contributed by atoms with van der Waals surface area (Å²) in [6, 6.07) is 3.50. The molecule has 31 heavy (non-hydrogen) atoms. The van der Waals surface area contributed by atoms with Crippen molar-refractivity contribution in [3.8, 4) is 0 Å². The molecule has 4 heterocycles. The van der Waals surface area contributed by atoms with Gasteiger partial charge in [-0.2, -0.15) is 0 Å². The summed E-state index contributed by atoms with van der Waals surface area (Å²) in [4.78, 5) is 35.7. The molecule has 1 N–H and O–H groups in total. The van der Waals surface area contributed by atoms with Crippen LogP contribution in [0.2, 0.25) is 5.02 Å². The normalized spacial score (nSPS) is 24.7. The van der Waals surface area contributed by atoms with E-state index >= 15 is 0 Å². The van der Waals surface area contributed by atoms with Gasteiger partial charge in [-0.3, -0.25) is 4.99 Å². The van der Waals surface area contributed by atoms with Crippen molar-refractivity contribution >= 4 is 40.8 Å². The van der Waals surface area contributed by atoms with Crippen LogP contribution in [0.15, 0.2) is 46.0 Å². The highest BCUT2D eigenvalue weighted by molar-refractivity contribution is 7.11. The van der Waals surface area contributed by atoms with Gasteiger partial charge in [0.15, 0.2) is 10.8 Å². The van der Waals surface area contributed by atoms with Gasteiger partial charge in [-0.15, -0.1) is 11.3 Å². The van der Waals surface area contributed by atoms with Gasteiger partial charge in [-0.05, 0) is 17.7 Å². The highest BCUT2D eigenvalue weighted by atomic mass is 35.5. The number of nitrogens with zero attached hydrogens (tertiary/aromatic N) is 3. The molecule has 1 amide bonds. The average Bonchev–Trinajstić information content (AvgIpc) is 3.49. The number of hydrogen-bond donors (Lipinski definition) is 1. The number of cyclic esters (lactones) is 1. The van der Waals surface area contributed by atoms with E-state index in [4.69, 9.17) is 26.1 Å². The highest BCUT2D eigenvalue weighted by Gasteiger charge is 2.52. The number of nitrogens with one attached hydrogen (secondary N) is 1. The molecule has 0 radical (unpaired) electrons. The number of thiazole rings is 1. The molecule has 5 rings (SSSR count). The molecule has 0 saturated carbocycles. The molecule has 2 atom stereocenters. The molecule has 3 aliphatic rings. The molecule has 1 aromatic heterocycles. The predicted molar refractivity (Wildman–Crippen MR) is 110 cm³/mol. The van der Waals surface area contributed by atoms with Crippen LogP contribution in [0.3, 0.4) is 0 Å². The van der Waals surface area contributed by atoms with Crippen LogP contribution >= 0.6 is 22.9 Å². The molecule has 1 aromatic carbocycles. The van der Waals surface area contributed by atoms with E-state index in [1.165, 1.54) is 30.6 Å². The zero-order chi connectivity index (χ0) is 21.8. The van der Waals surface area contributed by atoms with Gasteiger partial charge >= 0.3 is 12.1 Å². The van der Waals surface area contributed by atoms with Crippen LogP contribution in [0.5, 0.6) is 0 Å². The van der Waals surface area contributed by atoms with Gasteiger partial charge in [-0.1, -0.05) is 17.7 Å². The number of methoxy groups -OCH3 is 1. The van der Waals surface area contributed by atoms with Crippen LogP contribution in [0, 0.1) is 5.82 Å². The van der Waals surface area contributed by atoms with Crippen molar-refractivity contribution in [2.45, 2.75) is 18.0 Å². The highest BCUT2D eigenvalue weighted by Crippen LogP contribution is 2.44. The Kier molecular flexibility index (Phi) is 4.71. The number of benzene rings is 1. The van der Waals surface area contributed by atoms with Crippen LogP contribution in [0.1, 0.15) is 23.0 Å². The van der Waals surface area contributed by atoms with Crippen LogP contribution in [-0.2, 0) is 14.3 Å². The number of aliphatic imine (C=N–C) groups is 1. The number of amidine groups is 1. The Morgan fingerprint density at radius 2 is 2.32 bits per heavy atom. The van der Waals surface area contributed by atoms with Gasteiger partial charge in [0.2, 0.25) is 0 Å². The van der Waals surface area contributed by atoms with Crippen molar-refractivity contribution in [2.24, 2.45) is 4.99 Å². The first-order valence-corrected chi connectivity index (χ1v) is 10.6. The Morgan fingerprint density at radius 3 is 2.97 bits per heavy atom. The van der Waals surface area contributed by atoms with E-state index in [1.807, 2.05) is 10.3 Å². The van der Waals surface area contributed by atoms with Gasteiger partial charge < -0.3 is 19.7 Å². The second kappa shape index (κ2) is 7.31. The fraction of sp³-hybridized carbons (Fsp3) is 0.300. The Hall–Kier alpha value is -2.98. The molecule has 2 fully saturated rings. The monoisotopic (exact) mass is 462 g/mol. The lowest BCUT2D eigenvalue weighted by atomic mass is 9.92. The number of carbonyl (C=O) groups excluding carboxylic acids is 2. The van der Waals surface area contributed by atoms with Gasteiger partial charge in [0.1, 0.15) is 24.0 Å². The number of alkyl carbamates (subject to hydrolysis) is 1. The quantitative estimate of drug-likeness (QED) is 0.705. The molecule has 11 heteroatoms. The maximum Gasteiger partial charge on any atom is 0.407 e. The number of hydrogen-bond acceptors (Lipinski definition) is 8. The molecule has 2 aromatic rings. The van der Waals surface area contributed by atoms with Gasteiger partial charge in [-0.25, -0.2) is 19.0 Å². The van der Waals surface area contributed by atoms with E-state index in [-0.39, 0.29) is 17.2 Å². The van der Waals surface area contributed by atoms with Gasteiger partial charge in [0.25, 0.3) is 0 Å². The molecule has 8 nitrogen and oxygen atoms in total. The van der Waals surface area contributed by atoms with Crippen LogP contribution in [0.25, 0.3) is 0 Å². The molecule has 2 saturated heterocycles. The summed E-state index contributed by atoms with van der Waals surface area (Å²) in [5.74, 6) is -0.651. The standard InChI is InChI=1S/C20H16ClFN4O4S/c1-29-18(27)14-13-7-20(9-30-19(28)25-20)8-26(13)16(17-23-4-5-31-17)24-15(14)10-2-3-11(21)12(22)6-10/h2-6,15H,7-9H2,1H3,(H,25,28)/t15-,20+/m1/s1. The fourth-order valence-electron chi connectivity index (χ4n) is 4.17. The average molecular weight is 463 g/mol. The fourth-order valence-corrected chi connectivity index (χ4v) is 4.93. The minimum Gasteiger partial charge on any atom is -0.466 e. The Bertz CT molecular complexity index is 1150. The number of halogens is 2. The number of esters is 1. The lowest BCUT2D eigenvalue weighted by Crippen LogP contribution is -2.47. The topological polar surface area (TPSA) is 93.1 Å². The lowest BCUT2D eigenvalue weighted by molar-refractivity contribution is -0.136. The summed E-state index contributed by atoms with van der Waals surface area (Å²) >= 11 is 7.25. The second-order valence-corrected chi connectivity index (χ2v) is 8.76. The van der Waals surface area contributed by atoms with E-state index in [0.717, 1.165) is 0 Å². The van der Waals surface area contributed by atoms with Crippen molar-refractivity contribution in [1.82, 2.24) is 15.2 Å². The van der Waals surface area contributed by atoms with E-state index in [2.05, 4.69) is 10.3 Å². The molecule has 3 aliphatic heterocycles. The Morgan fingerprint density at radius 1 is 1.48 bits per heavy atom. The zero-order valence-electron chi connectivity index (χ0n) is 16.2. The zero-order valence-corrected chi connectivity index (χ0v) is 17.8. The van der Waals surface area contributed by atoms with Crippen molar-refractivity contribution in [3.63, 3.8) is 0 Å². The first-order valence-electron chi connectivity index (χ1n) is 9.37. The molecule has 1 spiro atoms. The minimum atomic E-state index is -0.822. The molecule has 160 valence electrons. The van der Waals surface area contributed by atoms with Gasteiger partial charge in [0.05, 0.1) is 24.3 Å². The van der Waals surface area contributed by atoms with Crippen molar-refractivity contribution in [3.05, 3.63) is 62.5 Å². The molecular weight excluding hydrogens is 447 g/mol. The van der Waals surface area contributed by atoms with E-state index < -0.39 is 29.5 Å². The number of fused-ring (bicyclic) bond motifs is 1. The van der Waals surface area contributed by atoms with Crippen molar-refractivity contribution in [2.75, 3.05) is 20.3 Å². The SMILES string of the molecule is COC(=O)C1=C2C[C@@]3(COC(=O)N3)CN2C(c2nccs2)=N[C@@H]1c1ccc(Cl)c(F)c1. The number of rotatable bonds is 3. The third-order valence-electron chi connectivity index (χ3n) is 5.52.